The molecule has 8 nitrogen and oxygen atoms in total. The number of nitrogens with one attached hydrogen (secondary N) is 2. The molecule has 3 rings (SSSR count). The van der Waals surface area contributed by atoms with Crippen LogP contribution in [0.1, 0.15) is 29.2 Å². The van der Waals surface area contributed by atoms with E-state index in [1.54, 1.807) is 6.92 Å². The Bertz CT molecular complexity index is 709. The Labute approximate surface area is 141 Å². The van der Waals surface area contributed by atoms with Crippen molar-refractivity contribution < 1.29 is 22.7 Å². The van der Waals surface area contributed by atoms with Crippen LogP contribution in [0, 0.1) is 12.8 Å². The molecule has 0 spiro atoms. The molecule has 2 saturated heterocycles. The third-order valence-corrected chi connectivity index (χ3v) is 6.61. The van der Waals surface area contributed by atoms with E-state index in [0.717, 1.165) is 12.8 Å². The number of furan rings is 1. The first kappa shape index (κ1) is 17.4. The van der Waals surface area contributed by atoms with Crippen molar-refractivity contribution in [2.75, 3.05) is 32.7 Å². The number of nitrogens with zero attached hydrogens (tertiary/aromatic N) is 1. The summed E-state index contributed by atoms with van der Waals surface area (Å²) in [6.07, 6.45) is 1.21. The van der Waals surface area contributed by atoms with E-state index in [1.807, 2.05) is 0 Å². The molecule has 2 aliphatic rings. The average molecular weight is 357 g/mol. The van der Waals surface area contributed by atoms with Gasteiger partial charge in [0.05, 0.1) is 6.10 Å². The number of carbonyl (C=O) groups excluding carboxylic acids is 1. The highest BCUT2D eigenvalue weighted by molar-refractivity contribution is 7.89. The summed E-state index contributed by atoms with van der Waals surface area (Å²) < 4.78 is 32.0. The van der Waals surface area contributed by atoms with Crippen molar-refractivity contribution in [1.29, 1.82) is 0 Å². The standard InChI is InChI=1S/C15H23N3O5S/c1-10-14(24(21,22)18-4-2-3-5-18)6-13(23-10)15(20)17-8-11-7-16-9-12(11)19/h6,11-12,16,19H,2-5,7-9H2,1H3,(H,17,20). The maximum Gasteiger partial charge on any atom is 0.287 e. The van der Waals surface area contributed by atoms with Gasteiger partial charge in [0.25, 0.3) is 5.91 Å². The second-order valence-electron chi connectivity index (χ2n) is 6.34. The minimum atomic E-state index is -3.61. The molecule has 134 valence electrons. The third-order valence-electron chi connectivity index (χ3n) is 4.61. The highest BCUT2D eigenvalue weighted by atomic mass is 32.2. The number of carbonyl (C=O) groups is 1. The smallest absolute Gasteiger partial charge is 0.287 e. The molecule has 24 heavy (non-hydrogen) atoms. The van der Waals surface area contributed by atoms with Crippen molar-refractivity contribution in [3.8, 4) is 0 Å². The summed E-state index contributed by atoms with van der Waals surface area (Å²) in [6, 6.07) is 1.29. The summed E-state index contributed by atoms with van der Waals surface area (Å²) in [7, 11) is -3.61. The van der Waals surface area contributed by atoms with Crippen LogP contribution in [0.4, 0.5) is 0 Å². The summed E-state index contributed by atoms with van der Waals surface area (Å²) in [5.41, 5.74) is 0. The summed E-state index contributed by atoms with van der Waals surface area (Å²) >= 11 is 0. The number of sulfonamides is 1. The van der Waals surface area contributed by atoms with Crippen LogP contribution < -0.4 is 10.6 Å². The maximum atomic E-state index is 12.6. The van der Waals surface area contributed by atoms with E-state index < -0.39 is 22.0 Å². The molecule has 1 aromatic rings. The highest BCUT2D eigenvalue weighted by Crippen LogP contribution is 2.26. The van der Waals surface area contributed by atoms with Crippen LogP contribution in [0.5, 0.6) is 0 Å². The van der Waals surface area contributed by atoms with E-state index in [1.165, 1.54) is 10.4 Å². The average Bonchev–Trinajstić information content (AvgIpc) is 3.25. The minimum Gasteiger partial charge on any atom is -0.455 e. The zero-order valence-electron chi connectivity index (χ0n) is 13.6. The first-order valence-electron chi connectivity index (χ1n) is 8.17. The maximum absolute atomic E-state index is 12.6. The van der Waals surface area contributed by atoms with E-state index in [0.29, 0.717) is 32.7 Å². The van der Waals surface area contributed by atoms with Gasteiger partial charge in [0.1, 0.15) is 10.7 Å². The Balaban J connectivity index is 1.70. The number of aryl methyl sites for hydroxylation is 1. The molecule has 3 N–H and O–H groups in total. The van der Waals surface area contributed by atoms with Crippen LogP contribution in [-0.4, -0.2) is 62.6 Å². The fraction of sp³-hybridized carbons (Fsp3) is 0.667. The molecule has 1 aromatic heterocycles. The fourth-order valence-electron chi connectivity index (χ4n) is 3.14. The first-order valence-corrected chi connectivity index (χ1v) is 9.61. The van der Waals surface area contributed by atoms with Crippen molar-refractivity contribution in [3.63, 3.8) is 0 Å². The van der Waals surface area contributed by atoms with Gasteiger partial charge < -0.3 is 20.2 Å². The molecule has 0 aliphatic carbocycles. The summed E-state index contributed by atoms with van der Waals surface area (Å²) in [4.78, 5) is 12.3. The topological polar surface area (TPSA) is 112 Å². The number of hydrogen-bond donors (Lipinski definition) is 3. The Hall–Kier alpha value is -1.42. The van der Waals surface area contributed by atoms with Crippen molar-refractivity contribution in [2.45, 2.75) is 30.8 Å². The lowest BCUT2D eigenvalue weighted by Crippen LogP contribution is -2.34. The van der Waals surface area contributed by atoms with E-state index >= 15 is 0 Å². The molecular formula is C15H23N3O5S. The van der Waals surface area contributed by atoms with E-state index in [4.69, 9.17) is 4.42 Å². The number of β-amino-alcohol motifs (C(OH)–C–C–N with tert-alkyl or cyclic N) is 1. The van der Waals surface area contributed by atoms with Gasteiger partial charge in [0.2, 0.25) is 10.0 Å². The second-order valence-corrected chi connectivity index (χ2v) is 8.24. The van der Waals surface area contributed by atoms with Gasteiger partial charge in [-0.3, -0.25) is 4.79 Å². The Morgan fingerprint density at radius 1 is 1.42 bits per heavy atom. The van der Waals surface area contributed by atoms with Gasteiger partial charge >= 0.3 is 0 Å². The van der Waals surface area contributed by atoms with Gasteiger partial charge in [0, 0.05) is 44.7 Å². The monoisotopic (exact) mass is 357 g/mol. The van der Waals surface area contributed by atoms with Gasteiger partial charge in [-0.1, -0.05) is 0 Å². The molecule has 0 radical (unpaired) electrons. The predicted octanol–water partition coefficient (Wildman–Crippen LogP) is -0.317. The molecule has 1 amide bonds. The number of amides is 1. The van der Waals surface area contributed by atoms with Crippen molar-refractivity contribution in [2.24, 2.45) is 5.92 Å². The minimum absolute atomic E-state index is 0.0225. The van der Waals surface area contributed by atoms with E-state index in [-0.39, 0.29) is 22.3 Å². The van der Waals surface area contributed by atoms with Crippen molar-refractivity contribution in [3.05, 3.63) is 17.6 Å². The van der Waals surface area contributed by atoms with E-state index in [9.17, 15) is 18.3 Å². The summed E-state index contributed by atoms with van der Waals surface area (Å²) in [5, 5.41) is 15.5. The summed E-state index contributed by atoms with van der Waals surface area (Å²) in [6.45, 7) is 4.00. The number of aliphatic hydroxyl groups excluding tert-OH is 1. The molecule has 2 fully saturated rings. The predicted molar refractivity (Wildman–Crippen MR) is 86.1 cm³/mol. The zero-order chi connectivity index (χ0) is 17.3. The van der Waals surface area contributed by atoms with Gasteiger partial charge in [-0.15, -0.1) is 0 Å². The van der Waals surface area contributed by atoms with E-state index in [2.05, 4.69) is 10.6 Å². The molecule has 0 saturated carbocycles. The fourth-order valence-corrected chi connectivity index (χ4v) is 4.82. The largest absolute Gasteiger partial charge is 0.455 e. The SMILES string of the molecule is Cc1oc(C(=O)NCC2CNCC2O)cc1S(=O)(=O)N1CCCC1. The molecule has 9 heteroatoms. The van der Waals surface area contributed by atoms with Crippen molar-refractivity contribution >= 4 is 15.9 Å². The van der Waals surface area contributed by atoms with Gasteiger partial charge in [-0.2, -0.15) is 4.31 Å². The van der Waals surface area contributed by atoms with Gasteiger partial charge in [0.15, 0.2) is 5.76 Å². The third kappa shape index (κ3) is 3.34. The van der Waals surface area contributed by atoms with Gasteiger partial charge in [-0.25, -0.2) is 8.42 Å². The second kappa shape index (κ2) is 6.83. The van der Waals surface area contributed by atoms with Crippen LogP contribution >= 0.6 is 0 Å². The zero-order valence-corrected chi connectivity index (χ0v) is 14.4. The lowest BCUT2D eigenvalue weighted by atomic mass is 10.1. The molecule has 3 heterocycles. The van der Waals surface area contributed by atoms with Crippen molar-refractivity contribution in [1.82, 2.24) is 14.9 Å². The number of aliphatic hydroxyl groups is 1. The Morgan fingerprint density at radius 2 is 2.12 bits per heavy atom. The van der Waals surface area contributed by atoms with Crippen LogP contribution in [0.25, 0.3) is 0 Å². The van der Waals surface area contributed by atoms with Crippen LogP contribution in [0.15, 0.2) is 15.4 Å². The van der Waals surface area contributed by atoms with Crippen LogP contribution in [0.3, 0.4) is 0 Å². The lowest BCUT2D eigenvalue weighted by molar-refractivity contribution is 0.0898. The lowest BCUT2D eigenvalue weighted by Gasteiger charge is -2.14. The molecule has 2 aliphatic heterocycles. The Kier molecular flexibility index (Phi) is 4.95. The molecular weight excluding hydrogens is 334 g/mol. The quantitative estimate of drug-likeness (QED) is 0.666. The molecule has 0 bridgehead atoms. The summed E-state index contributed by atoms with van der Waals surface area (Å²) in [5.74, 6) is -0.335. The molecule has 2 unspecified atom stereocenters. The van der Waals surface area contributed by atoms with Crippen LogP contribution in [0.2, 0.25) is 0 Å². The Morgan fingerprint density at radius 3 is 2.75 bits per heavy atom. The number of hydrogen-bond acceptors (Lipinski definition) is 6. The highest BCUT2D eigenvalue weighted by Gasteiger charge is 2.32. The molecule has 0 aromatic carbocycles. The normalized spacial score (nSPS) is 25.2. The first-order chi connectivity index (χ1) is 11.4. The molecule has 2 atom stereocenters. The van der Waals surface area contributed by atoms with Crippen LogP contribution in [-0.2, 0) is 10.0 Å². The van der Waals surface area contributed by atoms with Gasteiger partial charge in [-0.05, 0) is 19.8 Å². The number of rotatable bonds is 5.